The van der Waals surface area contributed by atoms with E-state index < -0.39 is 0 Å². The lowest BCUT2D eigenvalue weighted by molar-refractivity contribution is -0.160. The molecule has 0 amide bonds. The number of esters is 2. The molecule has 96 valence electrons. The molecule has 1 heterocycles. The van der Waals surface area contributed by atoms with E-state index in [1.165, 1.54) is 0 Å². The summed E-state index contributed by atoms with van der Waals surface area (Å²) < 4.78 is 10.1. The molecule has 1 saturated heterocycles. The lowest BCUT2D eigenvalue weighted by Crippen LogP contribution is -2.34. The highest BCUT2D eigenvalue weighted by molar-refractivity contribution is 5.74. The summed E-state index contributed by atoms with van der Waals surface area (Å²) in [6, 6.07) is 0. The standard InChI is InChI=1S/C13H20O4/c1-4-9(3)11-6-10(8-13(15)17-11)7-12(14)16-5-2/h4,9-11H,1,5-8H2,2-3H3/t9-,10+,11-/m1/s1. The Morgan fingerprint density at radius 3 is 3.00 bits per heavy atom. The summed E-state index contributed by atoms with van der Waals surface area (Å²) in [6.07, 6.45) is 2.92. The lowest BCUT2D eigenvalue weighted by Gasteiger charge is -2.30. The molecule has 4 nitrogen and oxygen atoms in total. The topological polar surface area (TPSA) is 52.6 Å². The van der Waals surface area contributed by atoms with Gasteiger partial charge in [-0.3, -0.25) is 9.59 Å². The quantitative estimate of drug-likeness (QED) is 0.545. The molecule has 4 heteroatoms. The van der Waals surface area contributed by atoms with Crippen molar-refractivity contribution in [1.82, 2.24) is 0 Å². The number of hydrogen-bond donors (Lipinski definition) is 0. The van der Waals surface area contributed by atoms with Crippen LogP contribution in [0.2, 0.25) is 0 Å². The zero-order valence-corrected chi connectivity index (χ0v) is 10.5. The van der Waals surface area contributed by atoms with Crippen molar-refractivity contribution in [2.75, 3.05) is 6.61 Å². The smallest absolute Gasteiger partial charge is 0.306 e. The first-order valence-electron chi connectivity index (χ1n) is 6.04. The average Bonchev–Trinajstić information content (AvgIpc) is 2.27. The Hall–Kier alpha value is -1.32. The Bertz CT molecular complexity index is 298. The minimum absolute atomic E-state index is 0.0303. The van der Waals surface area contributed by atoms with Gasteiger partial charge in [0.1, 0.15) is 6.10 Å². The summed E-state index contributed by atoms with van der Waals surface area (Å²) in [7, 11) is 0. The maximum Gasteiger partial charge on any atom is 0.306 e. The number of carbonyl (C=O) groups excluding carboxylic acids is 2. The van der Waals surface area contributed by atoms with Gasteiger partial charge in [-0.05, 0) is 19.3 Å². The van der Waals surface area contributed by atoms with Gasteiger partial charge in [0.25, 0.3) is 0 Å². The molecule has 0 unspecified atom stereocenters. The van der Waals surface area contributed by atoms with E-state index in [0.29, 0.717) is 25.9 Å². The second kappa shape index (κ2) is 6.42. The van der Waals surface area contributed by atoms with Crippen LogP contribution in [0.15, 0.2) is 12.7 Å². The first-order chi connectivity index (χ1) is 8.06. The summed E-state index contributed by atoms with van der Waals surface area (Å²) >= 11 is 0. The summed E-state index contributed by atoms with van der Waals surface area (Å²) in [4.78, 5) is 22.8. The minimum Gasteiger partial charge on any atom is -0.466 e. The molecule has 0 spiro atoms. The van der Waals surface area contributed by atoms with Gasteiger partial charge in [0.05, 0.1) is 6.61 Å². The van der Waals surface area contributed by atoms with Crippen LogP contribution in [0.5, 0.6) is 0 Å². The van der Waals surface area contributed by atoms with Crippen molar-refractivity contribution in [3.63, 3.8) is 0 Å². The number of ether oxygens (including phenoxy) is 2. The second-order valence-electron chi connectivity index (χ2n) is 4.44. The SMILES string of the molecule is C=C[C@@H](C)[C@H]1C[C@@H](CC(=O)OCC)CC(=O)O1. The van der Waals surface area contributed by atoms with Crippen molar-refractivity contribution in [2.24, 2.45) is 11.8 Å². The Labute approximate surface area is 102 Å². The number of cyclic esters (lactones) is 1. The Kier molecular flexibility index (Phi) is 5.19. The van der Waals surface area contributed by atoms with Crippen LogP contribution in [0.25, 0.3) is 0 Å². The van der Waals surface area contributed by atoms with Gasteiger partial charge in [-0.25, -0.2) is 0 Å². The molecule has 0 aromatic heterocycles. The highest BCUT2D eigenvalue weighted by Crippen LogP contribution is 2.28. The van der Waals surface area contributed by atoms with E-state index in [9.17, 15) is 9.59 Å². The van der Waals surface area contributed by atoms with Gasteiger partial charge >= 0.3 is 11.9 Å². The molecular formula is C13H20O4. The van der Waals surface area contributed by atoms with E-state index >= 15 is 0 Å². The van der Waals surface area contributed by atoms with Gasteiger partial charge in [-0.2, -0.15) is 0 Å². The Morgan fingerprint density at radius 1 is 1.71 bits per heavy atom. The van der Waals surface area contributed by atoms with Crippen LogP contribution >= 0.6 is 0 Å². The van der Waals surface area contributed by atoms with E-state index in [-0.39, 0.29) is 29.9 Å². The van der Waals surface area contributed by atoms with Gasteiger partial charge in [-0.1, -0.05) is 13.0 Å². The molecule has 0 bridgehead atoms. The molecule has 1 aliphatic rings. The lowest BCUT2D eigenvalue weighted by atomic mass is 9.87. The first-order valence-corrected chi connectivity index (χ1v) is 6.04. The van der Waals surface area contributed by atoms with E-state index in [4.69, 9.17) is 9.47 Å². The Morgan fingerprint density at radius 2 is 2.41 bits per heavy atom. The van der Waals surface area contributed by atoms with Crippen LogP contribution in [-0.2, 0) is 19.1 Å². The van der Waals surface area contributed by atoms with Crippen LogP contribution in [-0.4, -0.2) is 24.6 Å². The van der Waals surface area contributed by atoms with Gasteiger partial charge < -0.3 is 9.47 Å². The van der Waals surface area contributed by atoms with Crippen LogP contribution in [0.4, 0.5) is 0 Å². The summed E-state index contributed by atoms with van der Waals surface area (Å²) in [5, 5.41) is 0. The molecule has 0 aliphatic carbocycles. The molecule has 3 atom stereocenters. The van der Waals surface area contributed by atoms with Crippen LogP contribution in [0.1, 0.15) is 33.1 Å². The van der Waals surface area contributed by atoms with Crippen LogP contribution in [0.3, 0.4) is 0 Å². The van der Waals surface area contributed by atoms with E-state index in [1.807, 2.05) is 6.92 Å². The average molecular weight is 240 g/mol. The molecule has 17 heavy (non-hydrogen) atoms. The van der Waals surface area contributed by atoms with Crippen LogP contribution < -0.4 is 0 Å². The molecule has 1 fully saturated rings. The third-order valence-corrected chi connectivity index (χ3v) is 3.02. The van der Waals surface area contributed by atoms with Gasteiger partial charge in [0, 0.05) is 18.8 Å². The monoisotopic (exact) mass is 240 g/mol. The van der Waals surface area contributed by atoms with Gasteiger partial charge in [-0.15, -0.1) is 6.58 Å². The summed E-state index contributed by atoms with van der Waals surface area (Å²) in [5.74, 6) is -0.326. The number of carbonyl (C=O) groups is 2. The van der Waals surface area contributed by atoms with Gasteiger partial charge in [0.15, 0.2) is 0 Å². The van der Waals surface area contributed by atoms with Crippen molar-refractivity contribution >= 4 is 11.9 Å². The molecule has 1 aliphatic heterocycles. The fourth-order valence-corrected chi connectivity index (χ4v) is 2.00. The second-order valence-corrected chi connectivity index (χ2v) is 4.44. The van der Waals surface area contributed by atoms with Gasteiger partial charge in [0.2, 0.25) is 0 Å². The van der Waals surface area contributed by atoms with Crippen molar-refractivity contribution in [1.29, 1.82) is 0 Å². The largest absolute Gasteiger partial charge is 0.466 e. The fraction of sp³-hybridized carbons (Fsp3) is 0.692. The fourth-order valence-electron chi connectivity index (χ4n) is 2.00. The summed E-state index contributed by atoms with van der Waals surface area (Å²) in [5.41, 5.74) is 0. The van der Waals surface area contributed by atoms with E-state index in [1.54, 1.807) is 13.0 Å². The molecule has 0 radical (unpaired) electrons. The molecule has 0 N–H and O–H groups in total. The van der Waals surface area contributed by atoms with Crippen molar-refractivity contribution in [3.05, 3.63) is 12.7 Å². The molecule has 0 saturated carbocycles. The molecule has 0 aromatic carbocycles. The first kappa shape index (κ1) is 13.7. The maximum atomic E-state index is 11.4. The van der Waals surface area contributed by atoms with Crippen molar-refractivity contribution in [3.8, 4) is 0 Å². The number of hydrogen-bond acceptors (Lipinski definition) is 4. The summed E-state index contributed by atoms with van der Waals surface area (Å²) in [6.45, 7) is 7.80. The Balaban J connectivity index is 2.53. The predicted octanol–water partition coefficient (Wildman–Crippen LogP) is 2.08. The van der Waals surface area contributed by atoms with Crippen LogP contribution in [0, 0.1) is 11.8 Å². The van der Waals surface area contributed by atoms with E-state index in [2.05, 4.69) is 6.58 Å². The molecule has 0 aromatic rings. The number of rotatable bonds is 5. The van der Waals surface area contributed by atoms with E-state index in [0.717, 1.165) is 0 Å². The normalized spacial score (nSPS) is 25.9. The van der Waals surface area contributed by atoms with Crippen molar-refractivity contribution in [2.45, 2.75) is 39.2 Å². The zero-order valence-electron chi connectivity index (χ0n) is 10.5. The van der Waals surface area contributed by atoms with Crippen molar-refractivity contribution < 1.29 is 19.1 Å². The molecule has 1 rings (SSSR count). The predicted molar refractivity (Wildman–Crippen MR) is 63.2 cm³/mol. The third kappa shape index (κ3) is 4.21. The maximum absolute atomic E-state index is 11.4. The zero-order chi connectivity index (χ0) is 12.8. The molecular weight excluding hydrogens is 220 g/mol. The minimum atomic E-state index is -0.239. The highest BCUT2D eigenvalue weighted by atomic mass is 16.5. The highest BCUT2D eigenvalue weighted by Gasteiger charge is 2.32. The third-order valence-electron chi connectivity index (χ3n) is 3.02.